The zero-order valence-electron chi connectivity index (χ0n) is 7.33. The summed E-state index contributed by atoms with van der Waals surface area (Å²) in [5.41, 5.74) is -0.276. The molecule has 11 heavy (non-hydrogen) atoms. The second-order valence-corrected chi connectivity index (χ2v) is 6.40. The molecule has 0 amide bonds. The fourth-order valence-corrected chi connectivity index (χ4v) is 3.36. The molecule has 0 radical (unpaired) electrons. The van der Waals surface area contributed by atoms with Crippen LogP contribution in [0.2, 0.25) is 0 Å². The Kier molecular flexibility index (Phi) is 2.27. The first-order valence-electron chi connectivity index (χ1n) is 3.85. The molecule has 0 aromatic rings. The van der Waals surface area contributed by atoms with Crippen molar-refractivity contribution in [2.24, 2.45) is 0 Å². The third-order valence-corrected chi connectivity index (χ3v) is 3.79. The largest absolute Gasteiger partial charge is 0.322 e. The molecule has 0 aromatic heterocycles. The number of allylic oxidation sites excluding steroid dienone is 2. The molecule has 64 valence electrons. The minimum atomic E-state index is -2.30. The van der Waals surface area contributed by atoms with Crippen LogP contribution < -0.4 is 0 Å². The molecule has 1 aliphatic heterocycles. The van der Waals surface area contributed by atoms with E-state index >= 15 is 0 Å². The van der Waals surface area contributed by atoms with E-state index in [1.165, 1.54) is 0 Å². The van der Waals surface area contributed by atoms with Crippen LogP contribution in [0.15, 0.2) is 12.2 Å². The minimum absolute atomic E-state index is 0.276. The summed E-state index contributed by atoms with van der Waals surface area (Å²) in [5.74, 6) is 0. The average molecular weight is 174 g/mol. The van der Waals surface area contributed by atoms with E-state index in [-0.39, 0.29) is 5.60 Å². The molecule has 2 nitrogen and oxygen atoms in total. The summed E-state index contributed by atoms with van der Waals surface area (Å²) >= 11 is 0. The third kappa shape index (κ3) is 2.80. The van der Waals surface area contributed by atoms with Crippen molar-refractivity contribution >= 4 is 7.37 Å². The summed E-state index contributed by atoms with van der Waals surface area (Å²) in [7, 11) is -2.30. The highest BCUT2D eigenvalue weighted by atomic mass is 31.2. The molecular weight excluding hydrogens is 159 g/mol. The van der Waals surface area contributed by atoms with Gasteiger partial charge in [0.2, 0.25) is 7.37 Å². The van der Waals surface area contributed by atoms with E-state index in [0.29, 0.717) is 12.3 Å². The van der Waals surface area contributed by atoms with E-state index in [1.54, 1.807) is 0 Å². The highest BCUT2D eigenvalue weighted by Gasteiger charge is 2.29. The van der Waals surface area contributed by atoms with E-state index in [9.17, 15) is 4.57 Å². The van der Waals surface area contributed by atoms with Crippen molar-refractivity contribution in [3.8, 4) is 0 Å². The van der Waals surface area contributed by atoms with Crippen molar-refractivity contribution in [3.63, 3.8) is 0 Å². The van der Waals surface area contributed by atoms with Crippen LogP contribution in [-0.4, -0.2) is 17.9 Å². The van der Waals surface area contributed by atoms with Crippen molar-refractivity contribution in [2.45, 2.75) is 26.4 Å². The normalized spacial score (nSPS) is 22.5. The molecule has 0 spiro atoms. The lowest BCUT2D eigenvalue weighted by atomic mass is 10.2. The Balaban J connectivity index is 2.56. The van der Waals surface area contributed by atoms with Crippen molar-refractivity contribution in [1.82, 2.24) is 0 Å². The quantitative estimate of drug-likeness (QED) is 0.451. The van der Waals surface area contributed by atoms with E-state index in [2.05, 4.69) is 0 Å². The Labute approximate surface area is 68.1 Å². The number of rotatable bonds is 1. The summed E-state index contributed by atoms with van der Waals surface area (Å²) < 4.78 is 17.2. The fraction of sp³-hybridized carbons (Fsp3) is 0.750. The topological polar surface area (TPSA) is 26.3 Å². The van der Waals surface area contributed by atoms with E-state index < -0.39 is 7.37 Å². The molecule has 0 bridgehead atoms. The summed E-state index contributed by atoms with van der Waals surface area (Å²) in [5, 5.41) is 0. The molecule has 3 heteroatoms. The molecule has 0 saturated heterocycles. The van der Waals surface area contributed by atoms with E-state index in [0.717, 1.165) is 0 Å². The molecule has 1 heterocycles. The van der Waals surface area contributed by atoms with Gasteiger partial charge in [0.1, 0.15) is 0 Å². The Hall–Kier alpha value is -0.0700. The molecule has 0 fully saturated rings. The van der Waals surface area contributed by atoms with Crippen LogP contribution in [0.25, 0.3) is 0 Å². The van der Waals surface area contributed by atoms with Gasteiger partial charge in [-0.1, -0.05) is 12.2 Å². The number of hydrogen-bond acceptors (Lipinski definition) is 2. The predicted octanol–water partition coefficient (Wildman–Crippen LogP) is 2.65. The highest BCUT2D eigenvalue weighted by Crippen LogP contribution is 2.52. The predicted molar refractivity (Wildman–Crippen MR) is 47.3 cm³/mol. The first-order chi connectivity index (χ1) is 4.91. The summed E-state index contributed by atoms with van der Waals surface area (Å²) in [6.45, 7) is 5.81. The standard InChI is InChI=1S/C8H15O2P/c1-8(2,3)10-11(9)6-4-5-7-11/h4-5H,6-7H2,1-3H3. The molecular formula is C8H15O2P. The van der Waals surface area contributed by atoms with Gasteiger partial charge in [-0.25, -0.2) is 0 Å². The van der Waals surface area contributed by atoms with Crippen LogP contribution in [0.3, 0.4) is 0 Å². The van der Waals surface area contributed by atoms with Gasteiger partial charge in [-0.2, -0.15) is 0 Å². The lowest BCUT2D eigenvalue weighted by Gasteiger charge is -2.24. The second-order valence-electron chi connectivity index (χ2n) is 3.85. The third-order valence-electron chi connectivity index (χ3n) is 1.37. The zero-order chi connectivity index (χ0) is 8.54. The van der Waals surface area contributed by atoms with Crippen LogP contribution in [-0.2, 0) is 9.09 Å². The van der Waals surface area contributed by atoms with Crippen LogP contribution in [0.1, 0.15) is 20.8 Å². The van der Waals surface area contributed by atoms with Crippen LogP contribution in [0, 0.1) is 0 Å². The Bertz CT molecular complexity index is 201. The Morgan fingerprint density at radius 2 is 1.73 bits per heavy atom. The van der Waals surface area contributed by atoms with Gasteiger partial charge >= 0.3 is 0 Å². The smallest absolute Gasteiger partial charge is 0.210 e. The maximum atomic E-state index is 11.7. The van der Waals surface area contributed by atoms with Crippen molar-refractivity contribution < 1.29 is 9.09 Å². The minimum Gasteiger partial charge on any atom is -0.322 e. The van der Waals surface area contributed by atoms with E-state index in [1.807, 2.05) is 32.9 Å². The van der Waals surface area contributed by atoms with Crippen LogP contribution in [0.4, 0.5) is 0 Å². The number of hydrogen-bond donors (Lipinski definition) is 0. The Morgan fingerprint density at radius 3 is 2.09 bits per heavy atom. The average Bonchev–Trinajstić information content (AvgIpc) is 2.09. The van der Waals surface area contributed by atoms with Gasteiger partial charge in [0, 0.05) is 12.3 Å². The van der Waals surface area contributed by atoms with Crippen molar-refractivity contribution in [2.75, 3.05) is 12.3 Å². The van der Waals surface area contributed by atoms with Crippen molar-refractivity contribution in [1.29, 1.82) is 0 Å². The zero-order valence-corrected chi connectivity index (χ0v) is 8.23. The molecule has 1 aliphatic rings. The summed E-state index contributed by atoms with van der Waals surface area (Å²) in [6.07, 6.45) is 5.10. The lowest BCUT2D eigenvalue weighted by Crippen LogP contribution is -2.17. The summed E-state index contributed by atoms with van der Waals surface area (Å²) in [4.78, 5) is 0. The van der Waals surface area contributed by atoms with Crippen LogP contribution >= 0.6 is 7.37 Å². The first-order valence-corrected chi connectivity index (χ1v) is 5.85. The monoisotopic (exact) mass is 174 g/mol. The van der Waals surface area contributed by atoms with Gasteiger partial charge < -0.3 is 4.52 Å². The maximum absolute atomic E-state index is 11.7. The SMILES string of the molecule is CC(C)(C)OP1(=O)CC=CC1. The lowest BCUT2D eigenvalue weighted by molar-refractivity contribution is 0.136. The maximum Gasteiger partial charge on any atom is 0.210 e. The fourth-order valence-electron chi connectivity index (χ4n) is 1.12. The first kappa shape index (κ1) is 9.02. The van der Waals surface area contributed by atoms with Gasteiger partial charge in [-0.3, -0.25) is 4.57 Å². The molecule has 0 N–H and O–H groups in total. The van der Waals surface area contributed by atoms with Gasteiger partial charge in [0.15, 0.2) is 0 Å². The molecule has 0 saturated carbocycles. The molecule has 0 unspecified atom stereocenters. The van der Waals surface area contributed by atoms with E-state index in [4.69, 9.17) is 4.52 Å². The van der Waals surface area contributed by atoms with Gasteiger partial charge in [0.05, 0.1) is 5.60 Å². The Morgan fingerprint density at radius 1 is 1.27 bits per heavy atom. The van der Waals surface area contributed by atoms with Gasteiger partial charge in [0.25, 0.3) is 0 Å². The molecule has 0 atom stereocenters. The summed E-state index contributed by atoms with van der Waals surface area (Å²) in [6, 6.07) is 0. The highest BCUT2D eigenvalue weighted by molar-refractivity contribution is 7.59. The molecule has 1 rings (SSSR count). The van der Waals surface area contributed by atoms with Crippen LogP contribution in [0.5, 0.6) is 0 Å². The van der Waals surface area contributed by atoms with Crippen molar-refractivity contribution in [3.05, 3.63) is 12.2 Å². The second kappa shape index (κ2) is 2.76. The molecule has 0 aromatic carbocycles. The van der Waals surface area contributed by atoms with Gasteiger partial charge in [-0.15, -0.1) is 0 Å². The van der Waals surface area contributed by atoms with Gasteiger partial charge in [-0.05, 0) is 20.8 Å². The molecule has 0 aliphatic carbocycles.